The second-order valence-electron chi connectivity index (χ2n) is 3.45. The van der Waals surface area contributed by atoms with Crippen molar-refractivity contribution in [1.29, 1.82) is 0 Å². The second-order valence-corrected chi connectivity index (χ2v) is 3.45. The zero-order valence-corrected chi connectivity index (χ0v) is 8.58. The maximum absolute atomic E-state index is 13.4. The first-order valence-electron chi connectivity index (χ1n) is 4.71. The average molecular weight is 262 g/mol. The predicted octanol–water partition coefficient (Wildman–Crippen LogP) is 4.19. The molecule has 2 aromatic rings. The van der Waals surface area contributed by atoms with Gasteiger partial charge < -0.3 is 0 Å². The Balaban J connectivity index is 2.71. The SMILES string of the molecule is Fc1ccc(-c2ccc(F)c(F)c2F)c(F)c1F. The molecule has 0 unspecified atom stereocenters. The van der Waals surface area contributed by atoms with E-state index in [4.69, 9.17) is 0 Å². The highest BCUT2D eigenvalue weighted by Crippen LogP contribution is 2.29. The molecule has 0 heterocycles. The topological polar surface area (TPSA) is 0 Å². The fourth-order valence-electron chi connectivity index (χ4n) is 1.47. The van der Waals surface area contributed by atoms with E-state index >= 15 is 0 Å². The van der Waals surface area contributed by atoms with E-state index in [0.29, 0.717) is 12.1 Å². The largest absolute Gasteiger partial charge is 0.204 e. The molecule has 0 N–H and O–H groups in total. The smallest absolute Gasteiger partial charge is 0.195 e. The molecule has 0 saturated carbocycles. The molecule has 0 fully saturated rings. The molecule has 6 heteroatoms. The quantitative estimate of drug-likeness (QED) is 0.534. The van der Waals surface area contributed by atoms with Gasteiger partial charge in [0, 0.05) is 11.1 Å². The van der Waals surface area contributed by atoms with Crippen molar-refractivity contribution in [3.8, 4) is 11.1 Å². The van der Waals surface area contributed by atoms with Crippen molar-refractivity contribution in [3.05, 3.63) is 59.2 Å². The lowest BCUT2D eigenvalue weighted by atomic mass is 10.0. The Bertz CT molecular complexity index is 565. The predicted molar refractivity (Wildman–Crippen MR) is 51.6 cm³/mol. The van der Waals surface area contributed by atoms with Crippen LogP contribution in [0.25, 0.3) is 11.1 Å². The van der Waals surface area contributed by atoms with Crippen molar-refractivity contribution in [2.75, 3.05) is 0 Å². The van der Waals surface area contributed by atoms with Crippen molar-refractivity contribution in [2.45, 2.75) is 0 Å². The Kier molecular flexibility index (Phi) is 3.02. The van der Waals surface area contributed by atoms with Crippen LogP contribution < -0.4 is 0 Å². The van der Waals surface area contributed by atoms with Crippen molar-refractivity contribution in [1.82, 2.24) is 0 Å². The molecule has 0 atom stereocenters. The van der Waals surface area contributed by atoms with E-state index in [2.05, 4.69) is 0 Å². The fourth-order valence-corrected chi connectivity index (χ4v) is 1.47. The van der Waals surface area contributed by atoms with Gasteiger partial charge in [0.05, 0.1) is 0 Å². The Hall–Kier alpha value is -1.98. The van der Waals surface area contributed by atoms with Crippen LogP contribution in [0.4, 0.5) is 26.3 Å². The summed E-state index contributed by atoms with van der Waals surface area (Å²) in [6.07, 6.45) is 0. The molecule has 0 nitrogen and oxygen atoms in total. The summed E-state index contributed by atoms with van der Waals surface area (Å²) in [6.45, 7) is 0. The standard InChI is InChI=1S/C12H4F6/c13-7-3-1-5(9(15)11(7)17)6-2-4-8(14)12(18)10(6)16/h1-4H. The van der Waals surface area contributed by atoms with E-state index in [1.165, 1.54) is 0 Å². The summed E-state index contributed by atoms with van der Waals surface area (Å²) in [7, 11) is 0. The third-order valence-corrected chi connectivity index (χ3v) is 2.36. The van der Waals surface area contributed by atoms with Gasteiger partial charge in [-0.1, -0.05) is 0 Å². The summed E-state index contributed by atoms with van der Waals surface area (Å²) in [5, 5.41) is 0. The number of hydrogen-bond acceptors (Lipinski definition) is 0. The van der Waals surface area contributed by atoms with E-state index < -0.39 is 46.0 Å². The van der Waals surface area contributed by atoms with Crippen LogP contribution in [0.5, 0.6) is 0 Å². The summed E-state index contributed by atoms with van der Waals surface area (Å²) in [5.74, 6) is -9.87. The van der Waals surface area contributed by atoms with Gasteiger partial charge in [-0.05, 0) is 24.3 Å². The van der Waals surface area contributed by atoms with Crippen LogP contribution in [0.2, 0.25) is 0 Å². The molecule has 0 aliphatic heterocycles. The molecule has 0 bridgehead atoms. The van der Waals surface area contributed by atoms with Crippen LogP contribution in [0, 0.1) is 34.9 Å². The molecule has 94 valence electrons. The van der Waals surface area contributed by atoms with Gasteiger partial charge in [-0.2, -0.15) is 0 Å². The zero-order valence-electron chi connectivity index (χ0n) is 8.58. The molecule has 0 amide bonds. The van der Waals surface area contributed by atoms with Gasteiger partial charge in [0.2, 0.25) is 0 Å². The van der Waals surface area contributed by atoms with Gasteiger partial charge >= 0.3 is 0 Å². The van der Waals surface area contributed by atoms with E-state index in [-0.39, 0.29) is 0 Å². The number of benzene rings is 2. The van der Waals surface area contributed by atoms with Crippen LogP contribution in [0.3, 0.4) is 0 Å². The van der Waals surface area contributed by atoms with Gasteiger partial charge in [-0.3, -0.25) is 0 Å². The van der Waals surface area contributed by atoms with Crippen molar-refractivity contribution < 1.29 is 26.3 Å². The molecule has 0 radical (unpaired) electrons. The van der Waals surface area contributed by atoms with Gasteiger partial charge in [-0.25, -0.2) is 26.3 Å². The van der Waals surface area contributed by atoms with Crippen LogP contribution >= 0.6 is 0 Å². The Morgan fingerprint density at radius 3 is 1.11 bits per heavy atom. The van der Waals surface area contributed by atoms with Crippen LogP contribution in [0.1, 0.15) is 0 Å². The molecular formula is C12H4F6. The van der Waals surface area contributed by atoms with Gasteiger partial charge in [-0.15, -0.1) is 0 Å². The maximum atomic E-state index is 13.4. The van der Waals surface area contributed by atoms with Crippen molar-refractivity contribution >= 4 is 0 Å². The number of rotatable bonds is 1. The first-order chi connectivity index (χ1) is 8.43. The summed E-state index contributed by atoms with van der Waals surface area (Å²) >= 11 is 0. The summed E-state index contributed by atoms with van der Waals surface area (Å²) in [4.78, 5) is 0. The third kappa shape index (κ3) is 1.83. The molecule has 0 aliphatic carbocycles. The minimum atomic E-state index is -1.81. The van der Waals surface area contributed by atoms with Crippen molar-refractivity contribution in [3.63, 3.8) is 0 Å². The normalized spacial score (nSPS) is 10.8. The van der Waals surface area contributed by atoms with E-state index in [0.717, 1.165) is 12.1 Å². The van der Waals surface area contributed by atoms with E-state index in [1.807, 2.05) is 0 Å². The number of halogens is 6. The molecule has 0 spiro atoms. The maximum Gasteiger partial charge on any atom is 0.195 e. The summed E-state index contributed by atoms with van der Waals surface area (Å²) in [5.41, 5.74) is -1.38. The molecule has 2 rings (SSSR count). The summed E-state index contributed by atoms with van der Waals surface area (Å²) < 4.78 is 78.0. The lowest BCUT2D eigenvalue weighted by Gasteiger charge is -2.07. The molecular weight excluding hydrogens is 258 g/mol. The second kappa shape index (κ2) is 4.36. The Morgan fingerprint density at radius 2 is 0.778 bits per heavy atom. The van der Waals surface area contributed by atoms with E-state index in [9.17, 15) is 26.3 Å². The average Bonchev–Trinajstić information content (AvgIpc) is 2.35. The van der Waals surface area contributed by atoms with Gasteiger partial charge in [0.25, 0.3) is 0 Å². The fraction of sp³-hybridized carbons (Fsp3) is 0. The lowest BCUT2D eigenvalue weighted by molar-refractivity contribution is 0.442. The summed E-state index contributed by atoms with van der Waals surface area (Å²) in [6, 6.07) is 2.61. The lowest BCUT2D eigenvalue weighted by Crippen LogP contribution is -1.98. The molecule has 0 aromatic heterocycles. The highest BCUT2D eigenvalue weighted by Gasteiger charge is 2.20. The minimum Gasteiger partial charge on any atom is -0.204 e. The molecule has 0 aliphatic rings. The Morgan fingerprint density at radius 1 is 0.444 bits per heavy atom. The first-order valence-corrected chi connectivity index (χ1v) is 4.71. The number of hydrogen-bond donors (Lipinski definition) is 0. The highest BCUT2D eigenvalue weighted by molar-refractivity contribution is 5.65. The van der Waals surface area contributed by atoms with Crippen molar-refractivity contribution in [2.24, 2.45) is 0 Å². The zero-order chi connectivity index (χ0) is 13.4. The van der Waals surface area contributed by atoms with E-state index in [1.54, 1.807) is 0 Å². The van der Waals surface area contributed by atoms with Gasteiger partial charge in [0.15, 0.2) is 34.9 Å². The highest BCUT2D eigenvalue weighted by atomic mass is 19.2. The van der Waals surface area contributed by atoms with Crippen LogP contribution in [-0.4, -0.2) is 0 Å². The third-order valence-electron chi connectivity index (χ3n) is 2.36. The molecule has 18 heavy (non-hydrogen) atoms. The van der Waals surface area contributed by atoms with Gasteiger partial charge in [0.1, 0.15) is 0 Å². The van der Waals surface area contributed by atoms with Crippen LogP contribution in [-0.2, 0) is 0 Å². The monoisotopic (exact) mass is 262 g/mol. The minimum absolute atomic E-state index is 0.564. The Labute approximate surface area is 97.5 Å². The molecule has 2 aromatic carbocycles. The van der Waals surface area contributed by atoms with Crippen LogP contribution in [0.15, 0.2) is 24.3 Å². The molecule has 0 saturated heterocycles. The first kappa shape index (κ1) is 12.5.